The van der Waals surface area contributed by atoms with Crippen molar-refractivity contribution in [3.63, 3.8) is 0 Å². The number of carboxylic acids is 5. The molecule has 1 aromatic heterocycles. The first-order chi connectivity index (χ1) is 21.0. The second-order valence-corrected chi connectivity index (χ2v) is 10.7. The number of aliphatic hydroxyl groups is 2. The van der Waals surface area contributed by atoms with Crippen molar-refractivity contribution in [2.45, 2.75) is 63.3 Å². The molecule has 0 spiro atoms. The smallest absolute Gasteiger partial charge is 0.341 e. The summed E-state index contributed by atoms with van der Waals surface area (Å²) in [6, 6.07) is 3.88. The molecule has 1 aliphatic heterocycles. The number of hydrogen-bond acceptors (Lipinski definition) is 15. The highest BCUT2D eigenvalue weighted by Crippen LogP contribution is 2.43. The van der Waals surface area contributed by atoms with Crippen LogP contribution in [-0.4, -0.2) is 99.1 Å². The van der Waals surface area contributed by atoms with Crippen LogP contribution >= 0.6 is 0 Å². The molecule has 4 atom stereocenters. The summed E-state index contributed by atoms with van der Waals surface area (Å²) >= 11 is 0. The zero-order valence-corrected chi connectivity index (χ0v) is 25.4. The van der Waals surface area contributed by atoms with Gasteiger partial charge in [-0.15, -0.1) is 0 Å². The van der Waals surface area contributed by atoms with Crippen molar-refractivity contribution in [3.05, 3.63) is 34.1 Å². The predicted octanol–water partition coefficient (Wildman–Crippen LogP) is -6.96. The van der Waals surface area contributed by atoms with Crippen LogP contribution in [0.5, 0.6) is 5.75 Å². The molecule has 1 saturated carbocycles. The van der Waals surface area contributed by atoms with Gasteiger partial charge in [0, 0.05) is 56.2 Å². The first-order valence-electron chi connectivity index (χ1n) is 13.7. The molecule has 264 valence electrons. The van der Waals surface area contributed by atoms with Gasteiger partial charge in [-0.2, -0.15) is 0 Å². The minimum Gasteiger partial charge on any atom is -0.550 e. The van der Waals surface area contributed by atoms with E-state index in [2.05, 4.69) is 11.8 Å². The number of hydrogen-bond donors (Lipinski definition) is 4. The second kappa shape index (κ2) is 18.4. The van der Waals surface area contributed by atoms with Crippen LogP contribution in [0.1, 0.15) is 55.4 Å². The molecule has 0 bridgehead atoms. The Balaban J connectivity index is 0.000000884. The van der Waals surface area contributed by atoms with E-state index in [4.69, 9.17) is 20.7 Å². The Morgan fingerprint density at radius 3 is 1.83 bits per heavy atom. The number of carboxylic acid groups (broad SMARTS) is 5. The number of methoxy groups -OCH3 is 1. The van der Waals surface area contributed by atoms with E-state index in [0.717, 1.165) is 38.0 Å². The zero-order chi connectivity index (χ0) is 34.2. The van der Waals surface area contributed by atoms with E-state index < -0.39 is 60.3 Å². The fraction of sp³-hybridized carbons (Fsp3) is 0.500. The maximum absolute atomic E-state index is 12.7. The number of nitrogens with two attached hydrogens (primary N) is 1. The van der Waals surface area contributed by atoms with Gasteiger partial charge in [-0.25, -0.2) is 4.79 Å². The molecule has 1 saturated heterocycles. The zero-order valence-electron chi connectivity index (χ0n) is 25.4. The van der Waals surface area contributed by atoms with Gasteiger partial charge < -0.3 is 85.8 Å². The third-order valence-electron chi connectivity index (χ3n) is 6.80. The SMILES string of the molecule is COc1c(N2C[C@@H](C)C[C@H](N)C2)ccc2c(=O)c(C(=O)O)cn(C3CC3)c12.O.O.O=C([O-])CC(O)C(=O)[O-].O=C([O-])CC(O)C(=O)[O-]. The normalized spacial score (nSPS) is 17.9. The van der Waals surface area contributed by atoms with Crippen LogP contribution in [0.3, 0.4) is 0 Å². The highest BCUT2D eigenvalue weighted by Gasteiger charge is 2.31. The van der Waals surface area contributed by atoms with E-state index in [0.29, 0.717) is 22.6 Å². The summed E-state index contributed by atoms with van der Waals surface area (Å²) < 4.78 is 7.68. The first-order valence-corrected chi connectivity index (χ1v) is 13.7. The van der Waals surface area contributed by atoms with Gasteiger partial charge in [-0.1, -0.05) is 6.92 Å². The van der Waals surface area contributed by atoms with Crippen molar-refractivity contribution in [2.75, 3.05) is 25.1 Å². The number of aromatic carboxylic acids is 1. The van der Waals surface area contributed by atoms with Crippen molar-refractivity contribution < 1.29 is 75.4 Å². The van der Waals surface area contributed by atoms with Crippen LogP contribution in [0.2, 0.25) is 0 Å². The molecule has 19 heteroatoms. The molecule has 2 unspecified atom stereocenters. The van der Waals surface area contributed by atoms with E-state index >= 15 is 0 Å². The van der Waals surface area contributed by atoms with E-state index in [1.54, 1.807) is 13.2 Å². The average Bonchev–Trinajstić information content (AvgIpc) is 3.77. The summed E-state index contributed by atoms with van der Waals surface area (Å²) in [5.41, 5.74) is 7.14. The van der Waals surface area contributed by atoms with Gasteiger partial charge in [0.1, 0.15) is 5.56 Å². The third-order valence-corrected chi connectivity index (χ3v) is 6.80. The Bertz CT molecular complexity index is 1450. The lowest BCUT2D eigenvalue weighted by Crippen LogP contribution is -2.46. The van der Waals surface area contributed by atoms with Crippen LogP contribution in [0.15, 0.2) is 23.1 Å². The number of carbonyl (C=O) groups is 5. The molecule has 2 aromatic rings. The van der Waals surface area contributed by atoms with Crippen LogP contribution in [0.4, 0.5) is 5.69 Å². The number of piperidine rings is 1. The topological polar surface area (TPSA) is 362 Å². The molecule has 0 amide bonds. The minimum atomic E-state index is -1.96. The molecular weight excluding hydrogens is 634 g/mol. The lowest BCUT2D eigenvalue weighted by atomic mass is 9.95. The van der Waals surface area contributed by atoms with Crippen molar-refractivity contribution in [2.24, 2.45) is 11.7 Å². The summed E-state index contributed by atoms with van der Waals surface area (Å²) in [7, 11) is 1.60. The largest absolute Gasteiger partial charge is 0.550 e. The Labute approximate surface area is 266 Å². The first kappa shape index (κ1) is 42.2. The number of aliphatic hydroxyl groups excluding tert-OH is 2. The number of aromatic nitrogens is 1. The number of pyridine rings is 1. The van der Waals surface area contributed by atoms with Crippen molar-refractivity contribution in [1.82, 2.24) is 4.57 Å². The van der Waals surface area contributed by atoms with Crippen molar-refractivity contribution in [1.29, 1.82) is 0 Å². The molecular formula is C28H37N3O16-4. The molecule has 2 fully saturated rings. The van der Waals surface area contributed by atoms with Crippen LogP contribution < -0.4 is 41.2 Å². The third kappa shape index (κ3) is 11.8. The number of benzene rings is 1. The highest BCUT2D eigenvalue weighted by atomic mass is 16.5. The van der Waals surface area contributed by atoms with E-state index in [9.17, 15) is 54.3 Å². The number of carbonyl (C=O) groups excluding carboxylic acids is 4. The van der Waals surface area contributed by atoms with Gasteiger partial charge in [-0.3, -0.25) is 4.79 Å². The van der Waals surface area contributed by atoms with Gasteiger partial charge in [0.15, 0.2) is 5.75 Å². The molecule has 1 aromatic carbocycles. The number of fused-ring (bicyclic) bond motifs is 1. The van der Waals surface area contributed by atoms with E-state index in [1.165, 1.54) is 6.20 Å². The predicted molar refractivity (Wildman–Crippen MR) is 152 cm³/mol. The number of ether oxygens (including phenoxy) is 1. The Hall–Kier alpha value is -4.82. The standard InChI is InChI=1S/C20H25N3O4.2C4H6O5.2H2O/c1-11-7-12(21)9-22(8-11)16-6-5-14-17(19(16)27-2)23(13-3-4-13)10-15(18(14)24)20(25)26;2*5-2(4(8)9)1-3(6)7;;/h5-6,10-13H,3-4,7-9,21H2,1-2H3,(H,25,26);2*2,5H,1H2,(H,6,7)(H,8,9);2*1H2/p-4/t11-,12-;;;;/m0..../s1. The van der Waals surface area contributed by atoms with Crippen LogP contribution in [0, 0.1) is 5.92 Å². The summed E-state index contributed by atoms with van der Waals surface area (Å²) in [4.78, 5) is 64.8. The summed E-state index contributed by atoms with van der Waals surface area (Å²) in [6.07, 6.45) is -1.38. The van der Waals surface area contributed by atoms with E-state index in [-0.39, 0.29) is 28.6 Å². The minimum absolute atomic E-state index is 0. The molecule has 2 aliphatic rings. The van der Waals surface area contributed by atoms with Gasteiger partial charge in [0.2, 0.25) is 5.43 Å². The molecule has 1 aliphatic carbocycles. The second-order valence-electron chi connectivity index (χ2n) is 10.7. The number of nitrogens with zero attached hydrogens (tertiary/aromatic N) is 2. The quantitative estimate of drug-likeness (QED) is 0.182. The van der Waals surface area contributed by atoms with Crippen molar-refractivity contribution >= 4 is 46.4 Å². The highest BCUT2D eigenvalue weighted by molar-refractivity contribution is 5.97. The molecule has 2 heterocycles. The Morgan fingerprint density at radius 1 is 0.957 bits per heavy atom. The Kier molecular flexibility index (Phi) is 16.5. The van der Waals surface area contributed by atoms with Gasteiger partial charge >= 0.3 is 5.97 Å². The maximum atomic E-state index is 12.7. The van der Waals surface area contributed by atoms with Crippen LogP contribution in [0.25, 0.3) is 10.9 Å². The maximum Gasteiger partial charge on any atom is 0.341 e. The fourth-order valence-electron chi connectivity index (χ4n) is 4.73. The van der Waals surface area contributed by atoms with Gasteiger partial charge in [0.05, 0.1) is 47.8 Å². The lowest BCUT2D eigenvalue weighted by molar-refractivity contribution is -0.323. The summed E-state index contributed by atoms with van der Waals surface area (Å²) in [6.45, 7) is 3.78. The van der Waals surface area contributed by atoms with Gasteiger partial charge in [0.25, 0.3) is 0 Å². The molecule has 47 heavy (non-hydrogen) atoms. The molecule has 9 N–H and O–H groups in total. The van der Waals surface area contributed by atoms with Gasteiger partial charge in [-0.05, 0) is 37.3 Å². The summed E-state index contributed by atoms with van der Waals surface area (Å²) in [5.74, 6) is -6.96. The lowest BCUT2D eigenvalue weighted by Gasteiger charge is -2.37. The summed E-state index contributed by atoms with van der Waals surface area (Å²) in [5, 5.41) is 64.5. The molecule has 19 nitrogen and oxygen atoms in total. The number of rotatable bonds is 10. The average molecular weight is 672 g/mol. The van der Waals surface area contributed by atoms with Crippen LogP contribution in [-0.2, 0) is 19.2 Å². The number of aliphatic carboxylic acids is 4. The fourth-order valence-corrected chi connectivity index (χ4v) is 4.73. The monoisotopic (exact) mass is 671 g/mol. The number of anilines is 1. The molecule has 4 rings (SSSR count). The van der Waals surface area contributed by atoms with Crippen molar-refractivity contribution in [3.8, 4) is 5.75 Å². The molecule has 0 radical (unpaired) electrons. The van der Waals surface area contributed by atoms with E-state index in [1.807, 2.05) is 10.6 Å². The Morgan fingerprint density at radius 2 is 1.47 bits per heavy atom.